The molecule has 0 radical (unpaired) electrons. The van der Waals surface area contributed by atoms with Crippen LogP contribution in [-0.4, -0.2) is 26.2 Å². The Labute approximate surface area is 112 Å². The first kappa shape index (κ1) is 14.3. The van der Waals surface area contributed by atoms with Gasteiger partial charge in [-0.1, -0.05) is 29.8 Å². The van der Waals surface area contributed by atoms with Gasteiger partial charge in [0.2, 0.25) is 0 Å². The minimum Gasteiger partial charge on any atom is -0.469 e. The number of esters is 1. The van der Waals surface area contributed by atoms with E-state index in [2.05, 4.69) is 5.32 Å². The Balaban J connectivity index is 0.00000144. The molecule has 2 atom stereocenters. The lowest BCUT2D eigenvalue weighted by Crippen LogP contribution is -2.23. The van der Waals surface area contributed by atoms with Gasteiger partial charge in [-0.25, -0.2) is 0 Å². The lowest BCUT2D eigenvalue weighted by molar-refractivity contribution is -0.145. The van der Waals surface area contributed by atoms with Gasteiger partial charge in [0.1, 0.15) is 0 Å². The van der Waals surface area contributed by atoms with Crippen molar-refractivity contribution < 1.29 is 9.53 Å². The van der Waals surface area contributed by atoms with Crippen LogP contribution in [0.4, 0.5) is 0 Å². The van der Waals surface area contributed by atoms with Crippen molar-refractivity contribution in [3.8, 4) is 0 Å². The van der Waals surface area contributed by atoms with E-state index in [-0.39, 0.29) is 30.2 Å². The molecule has 1 aliphatic heterocycles. The van der Waals surface area contributed by atoms with E-state index in [9.17, 15) is 4.79 Å². The molecule has 3 nitrogen and oxygen atoms in total. The standard InChI is InChI=1S/C12H14ClNO2.ClH/c1-16-12(15)10-7-14-6-9(10)8-4-2-3-5-11(8)13;/h2-5,9-10,14H,6-7H2,1H3;1H/t9?,10-;/m1./s1. The van der Waals surface area contributed by atoms with E-state index in [0.717, 1.165) is 12.1 Å². The maximum Gasteiger partial charge on any atom is 0.310 e. The third-order valence-corrected chi connectivity index (χ3v) is 3.37. The Morgan fingerprint density at radius 3 is 2.76 bits per heavy atom. The van der Waals surface area contributed by atoms with Crippen molar-refractivity contribution in [2.75, 3.05) is 20.2 Å². The Hall–Kier alpha value is -0.770. The fraction of sp³-hybridized carbons (Fsp3) is 0.417. The Bertz CT molecular complexity index is 398. The van der Waals surface area contributed by atoms with E-state index in [1.165, 1.54) is 7.11 Å². The monoisotopic (exact) mass is 275 g/mol. The Morgan fingerprint density at radius 2 is 2.12 bits per heavy atom. The van der Waals surface area contributed by atoms with Crippen LogP contribution in [0, 0.1) is 5.92 Å². The molecule has 0 amide bonds. The molecule has 0 bridgehead atoms. The maximum atomic E-state index is 11.6. The number of carbonyl (C=O) groups excluding carboxylic acids is 1. The van der Waals surface area contributed by atoms with Gasteiger partial charge in [-0.05, 0) is 11.6 Å². The average Bonchev–Trinajstić information content (AvgIpc) is 2.77. The number of benzene rings is 1. The zero-order valence-electron chi connectivity index (χ0n) is 9.48. The van der Waals surface area contributed by atoms with Crippen molar-refractivity contribution in [3.05, 3.63) is 34.9 Å². The molecule has 1 saturated heterocycles. The lowest BCUT2D eigenvalue weighted by Gasteiger charge is -2.17. The van der Waals surface area contributed by atoms with Crippen LogP contribution in [0.2, 0.25) is 5.02 Å². The average molecular weight is 276 g/mol. The highest BCUT2D eigenvalue weighted by molar-refractivity contribution is 6.31. The molecular formula is C12H15Cl2NO2. The zero-order chi connectivity index (χ0) is 11.5. The molecule has 1 aliphatic rings. The van der Waals surface area contributed by atoms with Gasteiger partial charge in [-0.2, -0.15) is 0 Å². The van der Waals surface area contributed by atoms with Crippen molar-refractivity contribution in [2.24, 2.45) is 5.92 Å². The number of ether oxygens (including phenoxy) is 1. The molecule has 1 unspecified atom stereocenters. The summed E-state index contributed by atoms with van der Waals surface area (Å²) in [6.45, 7) is 1.42. The number of rotatable bonds is 2. The number of carbonyl (C=O) groups is 1. The van der Waals surface area contributed by atoms with Crippen LogP contribution >= 0.6 is 24.0 Å². The first-order valence-corrected chi connectivity index (χ1v) is 5.65. The highest BCUT2D eigenvalue weighted by Gasteiger charge is 2.35. The second-order valence-corrected chi connectivity index (χ2v) is 4.32. The van der Waals surface area contributed by atoms with Crippen molar-refractivity contribution in [2.45, 2.75) is 5.92 Å². The highest BCUT2D eigenvalue weighted by Crippen LogP contribution is 2.33. The summed E-state index contributed by atoms with van der Waals surface area (Å²) in [5, 5.41) is 3.92. The predicted molar refractivity (Wildman–Crippen MR) is 69.8 cm³/mol. The summed E-state index contributed by atoms with van der Waals surface area (Å²) in [6, 6.07) is 7.65. The van der Waals surface area contributed by atoms with E-state index < -0.39 is 0 Å². The van der Waals surface area contributed by atoms with Gasteiger partial charge in [0.25, 0.3) is 0 Å². The van der Waals surface area contributed by atoms with E-state index in [0.29, 0.717) is 11.6 Å². The van der Waals surface area contributed by atoms with Crippen LogP contribution in [0.1, 0.15) is 11.5 Å². The van der Waals surface area contributed by atoms with Gasteiger partial charge >= 0.3 is 5.97 Å². The third kappa shape index (κ3) is 2.92. The fourth-order valence-electron chi connectivity index (χ4n) is 2.18. The van der Waals surface area contributed by atoms with Crippen LogP contribution in [0.5, 0.6) is 0 Å². The van der Waals surface area contributed by atoms with Crippen LogP contribution in [-0.2, 0) is 9.53 Å². The first-order chi connectivity index (χ1) is 7.74. The summed E-state index contributed by atoms with van der Waals surface area (Å²) in [6.07, 6.45) is 0. The largest absolute Gasteiger partial charge is 0.469 e. The van der Waals surface area contributed by atoms with Crippen molar-refractivity contribution in [1.82, 2.24) is 5.32 Å². The van der Waals surface area contributed by atoms with Gasteiger partial charge in [0.05, 0.1) is 13.0 Å². The fourth-order valence-corrected chi connectivity index (χ4v) is 2.46. The van der Waals surface area contributed by atoms with Gasteiger partial charge in [0, 0.05) is 24.0 Å². The summed E-state index contributed by atoms with van der Waals surface area (Å²) in [7, 11) is 1.42. The minimum absolute atomic E-state index is 0. The van der Waals surface area contributed by atoms with E-state index >= 15 is 0 Å². The smallest absolute Gasteiger partial charge is 0.310 e. The molecule has 1 aromatic carbocycles. The number of halogens is 2. The second-order valence-electron chi connectivity index (χ2n) is 3.92. The van der Waals surface area contributed by atoms with Crippen LogP contribution in [0.15, 0.2) is 24.3 Å². The van der Waals surface area contributed by atoms with Gasteiger partial charge < -0.3 is 10.1 Å². The topological polar surface area (TPSA) is 38.3 Å². The quantitative estimate of drug-likeness (QED) is 0.842. The summed E-state index contributed by atoms with van der Waals surface area (Å²) in [4.78, 5) is 11.6. The second kappa shape index (κ2) is 6.24. The van der Waals surface area contributed by atoms with E-state index in [4.69, 9.17) is 16.3 Å². The predicted octanol–water partition coefficient (Wildman–Crippen LogP) is 2.24. The number of hydrogen-bond acceptors (Lipinski definition) is 3. The normalized spacial score (nSPS) is 22.9. The maximum absolute atomic E-state index is 11.6. The zero-order valence-corrected chi connectivity index (χ0v) is 11.1. The van der Waals surface area contributed by atoms with Gasteiger partial charge in [-0.15, -0.1) is 12.4 Å². The van der Waals surface area contributed by atoms with E-state index in [1.54, 1.807) is 0 Å². The molecule has 94 valence electrons. The molecule has 1 aromatic rings. The molecule has 17 heavy (non-hydrogen) atoms. The first-order valence-electron chi connectivity index (χ1n) is 5.27. The highest BCUT2D eigenvalue weighted by atomic mass is 35.5. The summed E-state index contributed by atoms with van der Waals surface area (Å²) < 4.78 is 4.80. The van der Waals surface area contributed by atoms with Crippen LogP contribution < -0.4 is 5.32 Å². The van der Waals surface area contributed by atoms with Gasteiger partial charge in [-0.3, -0.25) is 4.79 Å². The summed E-state index contributed by atoms with van der Waals surface area (Å²) in [5.74, 6) is -0.194. The van der Waals surface area contributed by atoms with Crippen LogP contribution in [0.25, 0.3) is 0 Å². The number of nitrogens with one attached hydrogen (secondary N) is 1. The van der Waals surface area contributed by atoms with E-state index in [1.807, 2.05) is 24.3 Å². The molecule has 1 heterocycles. The van der Waals surface area contributed by atoms with Crippen LogP contribution in [0.3, 0.4) is 0 Å². The molecule has 1 N–H and O–H groups in total. The molecule has 1 fully saturated rings. The van der Waals surface area contributed by atoms with Crippen molar-refractivity contribution in [1.29, 1.82) is 0 Å². The molecule has 0 aliphatic carbocycles. The SMILES string of the molecule is COC(=O)[C@@H]1CNCC1c1ccccc1Cl.Cl. The summed E-state index contributed by atoms with van der Waals surface area (Å²) >= 11 is 6.14. The molecule has 0 aromatic heterocycles. The third-order valence-electron chi connectivity index (χ3n) is 3.02. The van der Waals surface area contributed by atoms with Crippen molar-refractivity contribution >= 4 is 30.0 Å². The molecule has 5 heteroatoms. The molecule has 2 rings (SSSR count). The van der Waals surface area contributed by atoms with Gasteiger partial charge in [0.15, 0.2) is 0 Å². The number of methoxy groups -OCH3 is 1. The lowest BCUT2D eigenvalue weighted by atomic mass is 9.89. The number of hydrogen-bond donors (Lipinski definition) is 1. The minimum atomic E-state index is -0.171. The molecule has 0 spiro atoms. The molecular weight excluding hydrogens is 261 g/mol. The molecule has 0 saturated carbocycles. The summed E-state index contributed by atoms with van der Waals surface area (Å²) in [5.41, 5.74) is 1.02. The van der Waals surface area contributed by atoms with Crippen molar-refractivity contribution in [3.63, 3.8) is 0 Å². The Kier molecular flexibility index (Phi) is 5.25. The Morgan fingerprint density at radius 1 is 1.41 bits per heavy atom.